The Balaban J connectivity index is 2.38. The normalized spacial score (nSPS) is 19.6. The standard InChI is InChI=1S/C15H21NO4S/c1-11-6-7-13(21(2,19)20)9-14(11)15(18)16-8-4-3-5-12(16)10-17/h6-7,9,12,17H,3-5,8,10H2,1-2H3. The van der Waals surface area contributed by atoms with Crippen LogP contribution in [0.25, 0.3) is 0 Å². The number of rotatable bonds is 3. The number of sulfone groups is 1. The van der Waals surface area contributed by atoms with Crippen molar-refractivity contribution in [3.05, 3.63) is 29.3 Å². The second kappa shape index (κ2) is 6.15. The molecule has 116 valence electrons. The molecule has 1 unspecified atom stereocenters. The maximum Gasteiger partial charge on any atom is 0.254 e. The SMILES string of the molecule is Cc1ccc(S(C)(=O)=O)cc1C(=O)N1CCCCC1CO. The Kier molecular flexibility index (Phi) is 4.68. The maximum atomic E-state index is 12.7. The molecule has 0 aliphatic carbocycles. The highest BCUT2D eigenvalue weighted by atomic mass is 32.2. The zero-order chi connectivity index (χ0) is 15.6. The summed E-state index contributed by atoms with van der Waals surface area (Å²) >= 11 is 0. The highest BCUT2D eigenvalue weighted by Crippen LogP contribution is 2.22. The minimum absolute atomic E-state index is 0.0590. The topological polar surface area (TPSA) is 74.7 Å². The largest absolute Gasteiger partial charge is 0.394 e. The van der Waals surface area contributed by atoms with Crippen LogP contribution in [-0.4, -0.2) is 49.8 Å². The lowest BCUT2D eigenvalue weighted by Crippen LogP contribution is -2.45. The van der Waals surface area contributed by atoms with Crippen LogP contribution in [0.3, 0.4) is 0 Å². The number of hydrogen-bond donors (Lipinski definition) is 1. The molecule has 1 amide bonds. The van der Waals surface area contributed by atoms with Gasteiger partial charge < -0.3 is 10.0 Å². The predicted molar refractivity (Wildman–Crippen MR) is 80.1 cm³/mol. The Hall–Kier alpha value is -1.40. The molecule has 1 aromatic carbocycles. The Morgan fingerprint density at radius 1 is 1.38 bits per heavy atom. The first-order chi connectivity index (χ1) is 9.84. The van der Waals surface area contributed by atoms with Crippen molar-refractivity contribution in [3.63, 3.8) is 0 Å². The highest BCUT2D eigenvalue weighted by molar-refractivity contribution is 7.90. The molecule has 1 N–H and O–H groups in total. The molecule has 0 aromatic heterocycles. The molecule has 1 saturated heterocycles. The molecule has 0 bridgehead atoms. The molecule has 6 heteroatoms. The van der Waals surface area contributed by atoms with Gasteiger partial charge in [-0.25, -0.2) is 8.42 Å². The summed E-state index contributed by atoms with van der Waals surface area (Å²) in [6.45, 7) is 2.33. The van der Waals surface area contributed by atoms with Gasteiger partial charge in [-0.3, -0.25) is 4.79 Å². The van der Waals surface area contributed by atoms with E-state index in [4.69, 9.17) is 0 Å². The van der Waals surface area contributed by atoms with Crippen molar-refractivity contribution in [3.8, 4) is 0 Å². The van der Waals surface area contributed by atoms with Crippen LogP contribution >= 0.6 is 0 Å². The lowest BCUT2D eigenvalue weighted by Gasteiger charge is -2.35. The first kappa shape index (κ1) is 16.0. The van der Waals surface area contributed by atoms with Crippen molar-refractivity contribution >= 4 is 15.7 Å². The van der Waals surface area contributed by atoms with Gasteiger partial charge in [0, 0.05) is 18.4 Å². The van der Waals surface area contributed by atoms with Crippen LogP contribution in [0, 0.1) is 6.92 Å². The van der Waals surface area contributed by atoms with Gasteiger partial charge in [-0.1, -0.05) is 6.07 Å². The summed E-state index contributed by atoms with van der Waals surface area (Å²) in [6.07, 6.45) is 3.82. The van der Waals surface area contributed by atoms with Crippen molar-refractivity contribution < 1.29 is 18.3 Å². The van der Waals surface area contributed by atoms with Gasteiger partial charge in [0.25, 0.3) is 5.91 Å². The Labute approximate surface area is 125 Å². The van der Waals surface area contributed by atoms with Gasteiger partial charge in [0.05, 0.1) is 17.5 Å². The number of carbonyl (C=O) groups excluding carboxylic acids is 1. The number of hydrogen-bond acceptors (Lipinski definition) is 4. The first-order valence-electron chi connectivity index (χ1n) is 7.07. The third-order valence-corrected chi connectivity index (χ3v) is 5.08. The Morgan fingerprint density at radius 2 is 2.10 bits per heavy atom. The van der Waals surface area contributed by atoms with Crippen molar-refractivity contribution in [2.24, 2.45) is 0 Å². The lowest BCUT2D eigenvalue weighted by atomic mass is 10.00. The average molecular weight is 311 g/mol. The number of piperidine rings is 1. The van der Waals surface area contributed by atoms with E-state index in [-0.39, 0.29) is 23.5 Å². The van der Waals surface area contributed by atoms with Crippen LogP contribution in [0.2, 0.25) is 0 Å². The number of likely N-dealkylation sites (tertiary alicyclic amines) is 1. The van der Waals surface area contributed by atoms with E-state index in [0.717, 1.165) is 31.1 Å². The monoisotopic (exact) mass is 311 g/mol. The molecule has 1 heterocycles. The van der Waals surface area contributed by atoms with E-state index < -0.39 is 9.84 Å². The number of carbonyl (C=O) groups is 1. The van der Waals surface area contributed by atoms with Crippen molar-refractivity contribution in [1.82, 2.24) is 4.90 Å². The molecule has 1 fully saturated rings. The zero-order valence-corrected chi connectivity index (χ0v) is 13.2. The van der Waals surface area contributed by atoms with Gasteiger partial charge in [0.1, 0.15) is 0 Å². The molecular weight excluding hydrogens is 290 g/mol. The van der Waals surface area contributed by atoms with Gasteiger partial charge in [-0.05, 0) is 43.9 Å². The third-order valence-electron chi connectivity index (χ3n) is 3.97. The number of aliphatic hydroxyl groups is 1. The average Bonchev–Trinajstić information content (AvgIpc) is 2.45. The second-order valence-electron chi connectivity index (χ2n) is 5.58. The summed E-state index contributed by atoms with van der Waals surface area (Å²) in [5.41, 5.74) is 1.15. The Bertz CT molecular complexity index is 639. The van der Waals surface area contributed by atoms with Crippen LogP contribution < -0.4 is 0 Å². The summed E-state index contributed by atoms with van der Waals surface area (Å²) in [5, 5.41) is 9.42. The van der Waals surface area contributed by atoms with Crippen LogP contribution in [0.5, 0.6) is 0 Å². The van der Waals surface area contributed by atoms with Crippen LogP contribution in [0.15, 0.2) is 23.1 Å². The molecule has 2 rings (SSSR count). The van der Waals surface area contributed by atoms with Gasteiger partial charge in [0.15, 0.2) is 9.84 Å². The fourth-order valence-corrected chi connectivity index (χ4v) is 3.32. The number of amides is 1. The van der Waals surface area contributed by atoms with Gasteiger partial charge in [-0.2, -0.15) is 0 Å². The quantitative estimate of drug-likeness (QED) is 0.915. The lowest BCUT2D eigenvalue weighted by molar-refractivity contribution is 0.0502. The summed E-state index contributed by atoms with van der Waals surface area (Å²) in [6, 6.07) is 4.44. The number of nitrogens with zero attached hydrogens (tertiary/aromatic N) is 1. The van der Waals surface area contributed by atoms with Crippen LogP contribution in [-0.2, 0) is 9.84 Å². The smallest absolute Gasteiger partial charge is 0.254 e. The molecular formula is C15H21NO4S. The van der Waals surface area contributed by atoms with E-state index in [1.807, 2.05) is 0 Å². The molecule has 1 atom stereocenters. The van der Waals surface area contributed by atoms with Crippen molar-refractivity contribution in [1.29, 1.82) is 0 Å². The number of benzene rings is 1. The minimum Gasteiger partial charge on any atom is -0.394 e. The third kappa shape index (κ3) is 3.44. The molecule has 0 saturated carbocycles. The highest BCUT2D eigenvalue weighted by Gasteiger charge is 2.28. The van der Waals surface area contributed by atoms with Gasteiger partial charge in [-0.15, -0.1) is 0 Å². The number of aryl methyl sites for hydroxylation is 1. The number of aliphatic hydroxyl groups excluding tert-OH is 1. The van der Waals surface area contributed by atoms with Crippen LogP contribution in [0.1, 0.15) is 35.2 Å². The second-order valence-corrected chi connectivity index (χ2v) is 7.60. The van der Waals surface area contributed by atoms with Crippen molar-refractivity contribution in [2.75, 3.05) is 19.4 Å². The summed E-state index contributed by atoms with van der Waals surface area (Å²) in [7, 11) is -3.35. The van der Waals surface area contributed by atoms with Gasteiger partial charge >= 0.3 is 0 Å². The Morgan fingerprint density at radius 3 is 2.71 bits per heavy atom. The van der Waals surface area contributed by atoms with E-state index in [0.29, 0.717) is 12.1 Å². The maximum absolute atomic E-state index is 12.7. The fourth-order valence-electron chi connectivity index (χ4n) is 2.67. The molecule has 0 radical (unpaired) electrons. The molecule has 1 aliphatic heterocycles. The zero-order valence-electron chi connectivity index (χ0n) is 12.4. The van der Waals surface area contributed by atoms with E-state index in [1.165, 1.54) is 12.1 Å². The van der Waals surface area contributed by atoms with Crippen molar-refractivity contribution in [2.45, 2.75) is 37.1 Å². The predicted octanol–water partition coefficient (Wildman–Crippen LogP) is 1.39. The molecule has 21 heavy (non-hydrogen) atoms. The molecule has 0 spiro atoms. The molecule has 1 aromatic rings. The minimum atomic E-state index is -3.35. The summed E-state index contributed by atoms with van der Waals surface area (Å²) < 4.78 is 23.3. The molecule has 5 nitrogen and oxygen atoms in total. The van der Waals surface area contributed by atoms with E-state index in [2.05, 4.69) is 0 Å². The fraction of sp³-hybridized carbons (Fsp3) is 0.533. The van der Waals surface area contributed by atoms with Gasteiger partial charge in [0.2, 0.25) is 0 Å². The van der Waals surface area contributed by atoms with E-state index in [1.54, 1.807) is 17.9 Å². The van der Waals surface area contributed by atoms with E-state index >= 15 is 0 Å². The first-order valence-corrected chi connectivity index (χ1v) is 8.96. The summed E-state index contributed by atoms with van der Waals surface area (Å²) in [4.78, 5) is 14.5. The summed E-state index contributed by atoms with van der Waals surface area (Å²) in [5.74, 6) is -0.197. The van der Waals surface area contributed by atoms with Crippen LogP contribution in [0.4, 0.5) is 0 Å². The van der Waals surface area contributed by atoms with E-state index in [9.17, 15) is 18.3 Å². The molecule has 1 aliphatic rings.